The number of hydrogen-bond donors (Lipinski definition) is 3. The van der Waals surface area contributed by atoms with Gasteiger partial charge < -0.3 is 21.1 Å². The molecule has 10 heteroatoms. The number of carbonyl (C=O) groups is 2. The van der Waals surface area contributed by atoms with Crippen molar-refractivity contribution in [2.75, 3.05) is 17.3 Å². The molecule has 3 aromatic rings. The van der Waals surface area contributed by atoms with E-state index in [1.54, 1.807) is 30.2 Å². The zero-order chi connectivity index (χ0) is 30.7. The predicted octanol–water partition coefficient (Wildman–Crippen LogP) is 7.32. The third-order valence-corrected chi connectivity index (χ3v) is 7.60. The van der Waals surface area contributed by atoms with Crippen LogP contribution in [0.3, 0.4) is 0 Å². The van der Waals surface area contributed by atoms with Crippen LogP contribution in [0.2, 0.25) is 10.0 Å². The van der Waals surface area contributed by atoms with Gasteiger partial charge >= 0.3 is 6.03 Å². The van der Waals surface area contributed by atoms with Crippen molar-refractivity contribution in [3.63, 3.8) is 0 Å². The molecule has 0 fully saturated rings. The summed E-state index contributed by atoms with van der Waals surface area (Å²) in [4.78, 5) is 31.2. The Hall–Kier alpha value is -4.01. The number of allylic oxidation sites excluding steroid dienone is 1. The highest BCUT2D eigenvalue weighted by molar-refractivity contribution is 6.31. The molecule has 220 valence electrons. The lowest BCUT2D eigenvalue weighted by atomic mass is 9.87. The molecular formula is C32H35Cl2N5O3. The number of urea groups is 1. The number of halogens is 2. The lowest BCUT2D eigenvalue weighted by Gasteiger charge is -2.39. The van der Waals surface area contributed by atoms with Crippen LogP contribution in [0.5, 0.6) is 5.75 Å². The zero-order valence-electron chi connectivity index (χ0n) is 24.5. The van der Waals surface area contributed by atoms with Crippen molar-refractivity contribution in [3.8, 4) is 5.75 Å². The third kappa shape index (κ3) is 6.55. The van der Waals surface area contributed by atoms with Gasteiger partial charge in [0.25, 0.3) is 0 Å². The molecule has 0 aliphatic carbocycles. The van der Waals surface area contributed by atoms with Gasteiger partial charge in [0.05, 0.1) is 24.5 Å². The second-order valence-corrected chi connectivity index (χ2v) is 11.4. The smallest absolute Gasteiger partial charge is 0.350 e. The zero-order valence-corrected chi connectivity index (χ0v) is 26.0. The van der Waals surface area contributed by atoms with Crippen LogP contribution in [0.1, 0.15) is 49.1 Å². The fourth-order valence-electron chi connectivity index (χ4n) is 5.06. The molecule has 1 aliphatic rings. The van der Waals surface area contributed by atoms with Crippen LogP contribution in [-0.2, 0) is 11.3 Å². The SMILES string of the molecule is COc1ccc(CNC(C)=O)cc1N/C(=C1\C(N)=NC(=O)N(c2cc(Cl)ccc2C)C1c1ccc(Cl)cc1C)C(C)C. The van der Waals surface area contributed by atoms with Crippen LogP contribution in [0.15, 0.2) is 70.9 Å². The average molecular weight is 609 g/mol. The summed E-state index contributed by atoms with van der Waals surface area (Å²) >= 11 is 12.8. The molecule has 1 aliphatic heterocycles. The second-order valence-electron chi connectivity index (χ2n) is 10.5. The Kier molecular flexibility index (Phi) is 9.49. The second kappa shape index (κ2) is 12.9. The molecule has 1 unspecified atom stereocenters. The maximum Gasteiger partial charge on any atom is 0.350 e. The Morgan fingerprint density at radius 2 is 1.74 bits per heavy atom. The van der Waals surface area contributed by atoms with E-state index in [1.165, 1.54) is 6.92 Å². The van der Waals surface area contributed by atoms with E-state index in [0.29, 0.717) is 39.3 Å². The van der Waals surface area contributed by atoms with E-state index >= 15 is 0 Å². The van der Waals surface area contributed by atoms with Crippen LogP contribution in [-0.4, -0.2) is 24.9 Å². The fourth-order valence-corrected chi connectivity index (χ4v) is 5.46. The molecule has 0 saturated carbocycles. The Labute approximate surface area is 256 Å². The lowest BCUT2D eigenvalue weighted by molar-refractivity contribution is -0.119. The number of rotatable bonds is 8. The first-order chi connectivity index (χ1) is 19.9. The minimum absolute atomic E-state index is 0.0805. The van der Waals surface area contributed by atoms with Gasteiger partial charge in [0.1, 0.15) is 11.6 Å². The molecule has 1 heterocycles. The van der Waals surface area contributed by atoms with Crippen molar-refractivity contribution in [1.82, 2.24) is 5.32 Å². The minimum Gasteiger partial charge on any atom is -0.495 e. The van der Waals surface area contributed by atoms with Gasteiger partial charge in [-0.15, -0.1) is 0 Å². The van der Waals surface area contributed by atoms with E-state index in [4.69, 9.17) is 33.7 Å². The van der Waals surface area contributed by atoms with Crippen LogP contribution in [0.4, 0.5) is 16.2 Å². The molecule has 0 spiro atoms. The summed E-state index contributed by atoms with van der Waals surface area (Å²) in [5, 5.41) is 7.46. The molecule has 42 heavy (non-hydrogen) atoms. The summed E-state index contributed by atoms with van der Waals surface area (Å²) in [5.41, 5.74) is 12.8. The first-order valence-corrected chi connectivity index (χ1v) is 14.3. The fraction of sp³-hybridized carbons (Fsp3) is 0.281. The number of aliphatic imine (C=N–C) groups is 1. The van der Waals surface area contributed by atoms with E-state index in [2.05, 4.69) is 15.6 Å². The molecule has 0 aromatic heterocycles. The molecule has 1 atom stereocenters. The number of anilines is 2. The minimum atomic E-state index is -0.650. The topological polar surface area (TPSA) is 109 Å². The summed E-state index contributed by atoms with van der Waals surface area (Å²) in [7, 11) is 1.59. The highest BCUT2D eigenvalue weighted by Gasteiger charge is 2.39. The first-order valence-electron chi connectivity index (χ1n) is 13.5. The Morgan fingerprint density at radius 3 is 2.38 bits per heavy atom. The first kappa shape index (κ1) is 30.9. The number of benzene rings is 3. The number of nitrogens with one attached hydrogen (secondary N) is 2. The number of carbonyl (C=O) groups excluding carboxylic acids is 2. The van der Waals surface area contributed by atoms with Crippen molar-refractivity contribution < 1.29 is 14.3 Å². The molecule has 0 saturated heterocycles. The van der Waals surface area contributed by atoms with Crippen molar-refractivity contribution in [1.29, 1.82) is 0 Å². The Balaban J connectivity index is 1.99. The highest BCUT2D eigenvalue weighted by Crippen LogP contribution is 2.43. The largest absolute Gasteiger partial charge is 0.495 e. The number of nitrogens with two attached hydrogens (primary N) is 1. The van der Waals surface area contributed by atoms with Crippen molar-refractivity contribution in [2.45, 2.75) is 47.2 Å². The van der Waals surface area contributed by atoms with Gasteiger partial charge in [0.15, 0.2) is 0 Å². The summed E-state index contributed by atoms with van der Waals surface area (Å²) in [6.07, 6.45) is 0. The van der Waals surface area contributed by atoms with Crippen LogP contribution >= 0.6 is 23.2 Å². The van der Waals surface area contributed by atoms with Crippen molar-refractivity contribution >= 4 is 52.4 Å². The van der Waals surface area contributed by atoms with Gasteiger partial charge in [-0.2, -0.15) is 4.99 Å². The lowest BCUT2D eigenvalue weighted by Crippen LogP contribution is -2.44. The van der Waals surface area contributed by atoms with E-state index in [0.717, 1.165) is 28.0 Å². The Morgan fingerprint density at radius 1 is 1.05 bits per heavy atom. The van der Waals surface area contributed by atoms with Gasteiger partial charge in [-0.05, 0) is 78.4 Å². The standard InChI is InChI=1S/C32H35Cl2N5O3/c1-17(2)29(37-25-14-21(16-36-20(5)40)8-12-27(25)42-6)28-30(24-11-10-22(33)13-19(24)4)39(32(41)38-31(28)35)26-15-23(34)9-7-18(26)3/h7-15,17,30,37H,16H2,1-6H3,(H,36,40)(H2,35,38,41)/b29-28-. The molecule has 3 aromatic carbocycles. The monoisotopic (exact) mass is 607 g/mol. The number of nitrogens with zero attached hydrogens (tertiary/aromatic N) is 2. The van der Waals surface area contributed by atoms with Crippen LogP contribution in [0, 0.1) is 19.8 Å². The quantitative estimate of drug-likeness (QED) is 0.248. The number of ether oxygens (including phenoxy) is 1. The molecule has 8 nitrogen and oxygen atoms in total. The van der Waals surface area contributed by atoms with Gasteiger partial charge in [-0.3, -0.25) is 9.69 Å². The van der Waals surface area contributed by atoms with Crippen molar-refractivity contribution in [3.05, 3.63) is 98.2 Å². The molecule has 3 amide bonds. The third-order valence-electron chi connectivity index (χ3n) is 7.13. The van der Waals surface area contributed by atoms with E-state index in [9.17, 15) is 9.59 Å². The molecular weight excluding hydrogens is 573 g/mol. The van der Waals surface area contributed by atoms with E-state index in [1.807, 2.05) is 64.1 Å². The normalized spacial score (nSPS) is 16.3. The van der Waals surface area contributed by atoms with E-state index < -0.39 is 12.1 Å². The summed E-state index contributed by atoms with van der Waals surface area (Å²) in [6.45, 7) is 9.77. The molecule has 0 radical (unpaired) electrons. The van der Waals surface area contributed by atoms with Crippen molar-refractivity contribution in [2.24, 2.45) is 16.6 Å². The maximum absolute atomic E-state index is 13.7. The van der Waals surface area contributed by atoms with Crippen LogP contribution in [0.25, 0.3) is 0 Å². The summed E-state index contributed by atoms with van der Waals surface area (Å²) in [6, 6.07) is 15.5. The van der Waals surface area contributed by atoms with E-state index in [-0.39, 0.29) is 17.7 Å². The number of methoxy groups -OCH3 is 1. The van der Waals surface area contributed by atoms with Gasteiger partial charge in [0, 0.05) is 34.8 Å². The molecule has 4 N–H and O–H groups in total. The van der Waals surface area contributed by atoms with Gasteiger partial charge in [0.2, 0.25) is 5.91 Å². The molecule has 4 rings (SSSR count). The number of aryl methyl sites for hydroxylation is 2. The number of amidine groups is 1. The number of amides is 3. The summed E-state index contributed by atoms with van der Waals surface area (Å²) in [5.74, 6) is 0.506. The van der Waals surface area contributed by atoms with Gasteiger partial charge in [-0.1, -0.05) is 55.2 Å². The maximum atomic E-state index is 13.7. The summed E-state index contributed by atoms with van der Waals surface area (Å²) < 4.78 is 5.67. The molecule has 0 bridgehead atoms. The number of hydrogen-bond acceptors (Lipinski definition) is 5. The Bertz CT molecular complexity index is 1600. The van der Waals surface area contributed by atoms with Gasteiger partial charge in [-0.25, -0.2) is 4.79 Å². The predicted molar refractivity (Wildman–Crippen MR) is 171 cm³/mol. The average Bonchev–Trinajstić information content (AvgIpc) is 2.92. The highest BCUT2D eigenvalue weighted by atomic mass is 35.5. The van der Waals surface area contributed by atoms with Crippen LogP contribution < -0.4 is 26.0 Å².